The summed E-state index contributed by atoms with van der Waals surface area (Å²) in [6.45, 7) is 0.367. The highest BCUT2D eigenvalue weighted by Crippen LogP contribution is 2.31. The molecule has 1 aliphatic heterocycles. The molecule has 0 atom stereocenters. The maximum absolute atomic E-state index is 14.3. The van der Waals surface area contributed by atoms with Gasteiger partial charge in [-0.05, 0) is 53.6 Å². The lowest BCUT2D eigenvalue weighted by Gasteiger charge is -2.30. The summed E-state index contributed by atoms with van der Waals surface area (Å²) in [5.41, 5.74) is 0.0129. The maximum Gasteiger partial charge on any atom is 0.416 e. The van der Waals surface area contributed by atoms with Gasteiger partial charge in [0.05, 0.1) is 11.1 Å². The van der Waals surface area contributed by atoms with Gasteiger partial charge >= 0.3 is 12.4 Å². The number of likely N-dealkylation sites (tertiary alicyclic amines) is 1. The lowest BCUT2D eigenvalue weighted by molar-refractivity contribution is -0.138. The summed E-state index contributed by atoms with van der Waals surface area (Å²) >= 11 is 0. The van der Waals surface area contributed by atoms with E-state index < -0.39 is 29.3 Å². The van der Waals surface area contributed by atoms with Gasteiger partial charge in [-0.1, -0.05) is 42.5 Å². The first-order valence-electron chi connectivity index (χ1n) is 11.2. The fourth-order valence-corrected chi connectivity index (χ4v) is 4.03. The molecule has 4 rings (SSSR count). The van der Waals surface area contributed by atoms with Crippen molar-refractivity contribution in [2.45, 2.75) is 18.9 Å². The zero-order valence-electron chi connectivity index (χ0n) is 19.2. The van der Waals surface area contributed by atoms with E-state index >= 15 is 0 Å². The van der Waals surface area contributed by atoms with Gasteiger partial charge < -0.3 is 0 Å². The zero-order chi connectivity index (χ0) is 26.8. The molecule has 1 heterocycles. The van der Waals surface area contributed by atoms with Crippen molar-refractivity contribution in [1.82, 2.24) is 4.90 Å². The van der Waals surface area contributed by atoms with Crippen LogP contribution in [0, 0.1) is 5.82 Å². The topological polar surface area (TPSA) is 20.3 Å². The second kappa shape index (κ2) is 10.3. The summed E-state index contributed by atoms with van der Waals surface area (Å²) in [4.78, 5) is 15.0. The van der Waals surface area contributed by atoms with Crippen molar-refractivity contribution in [3.63, 3.8) is 0 Å². The van der Waals surface area contributed by atoms with E-state index in [-0.39, 0.29) is 36.6 Å². The standard InChI is InChI=1S/C28H20F7NO/c29-25-4-2-1-3-20(25)15-36-16-21(13-18-5-9-23(10-6-18)27(30,31)32)26(37)22(17-36)14-19-7-11-24(12-8-19)28(33,34)35/h1-14H,15-17H2. The molecule has 9 heteroatoms. The van der Waals surface area contributed by atoms with Crippen molar-refractivity contribution < 1.29 is 35.5 Å². The molecule has 0 N–H and O–H groups in total. The molecule has 1 fully saturated rings. The Morgan fingerprint density at radius 2 is 1.11 bits per heavy atom. The maximum atomic E-state index is 14.3. The smallest absolute Gasteiger partial charge is 0.290 e. The van der Waals surface area contributed by atoms with Crippen LogP contribution in [0.15, 0.2) is 83.9 Å². The largest absolute Gasteiger partial charge is 0.416 e. The van der Waals surface area contributed by atoms with E-state index in [1.807, 2.05) is 0 Å². The van der Waals surface area contributed by atoms with Crippen LogP contribution in [-0.4, -0.2) is 23.8 Å². The first-order chi connectivity index (χ1) is 17.4. The van der Waals surface area contributed by atoms with Crippen LogP contribution in [0.3, 0.4) is 0 Å². The molecule has 0 aliphatic carbocycles. The second-order valence-corrected chi connectivity index (χ2v) is 8.64. The van der Waals surface area contributed by atoms with Crippen LogP contribution in [0.5, 0.6) is 0 Å². The normalized spacial score (nSPS) is 17.5. The van der Waals surface area contributed by atoms with Crippen LogP contribution in [0.2, 0.25) is 0 Å². The van der Waals surface area contributed by atoms with Crippen LogP contribution in [0.4, 0.5) is 30.7 Å². The van der Waals surface area contributed by atoms with E-state index in [1.54, 1.807) is 23.1 Å². The van der Waals surface area contributed by atoms with Gasteiger partial charge in [-0.3, -0.25) is 9.69 Å². The number of Topliss-reactive ketones (excluding diaryl/α,β-unsaturated/α-hetero) is 1. The molecule has 1 aliphatic rings. The van der Waals surface area contributed by atoms with Crippen molar-refractivity contribution in [3.05, 3.63) is 118 Å². The first kappa shape index (κ1) is 26.3. The molecule has 3 aromatic rings. The molecule has 0 amide bonds. The zero-order valence-corrected chi connectivity index (χ0v) is 19.2. The van der Waals surface area contributed by atoms with Gasteiger partial charge in [0.2, 0.25) is 0 Å². The Balaban J connectivity index is 1.67. The molecule has 192 valence electrons. The first-order valence-corrected chi connectivity index (χ1v) is 11.2. The summed E-state index contributed by atoms with van der Waals surface area (Å²) in [5.74, 6) is -0.814. The minimum Gasteiger partial charge on any atom is -0.290 e. The van der Waals surface area contributed by atoms with Gasteiger partial charge in [0.1, 0.15) is 5.82 Å². The number of halogens is 7. The molecule has 0 aromatic heterocycles. The van der Waals surface area contributed by atoms with Gasteiger partial charge in [0, 0.05) is 36.3 Å². The van der Waals surface area contributed by atoms with E-state index in [4.69, 9.17) is 0 Å². The number of carbonyl (C=O) groups excluding carboxylic acids is 1. The molecule has 3 aromatic carbocycles. The monoisotopic (exact) mass is 519 g/mol. The predicted octanol–water partition coefficient (Wildman–Crippen LogP) is 7.42. The van der Waals surface area contributed by atoms with Gasteiger partial charge in [-0.25, -0.2) is 4.39 Å². The van der Waals surface area contributed by atoms with E-state index in [9.17, 15) is 35.5 Å². The Kier molecular flexibility index (Phi) is 7.36. The third kappa shape index (κ3) is 6.54. The lowest BCUT2D eigenvalue weighted by atomic mass is 9.93. The summed E-state index contributed by atoms with van der Waals surface area (Å²) in [6.07, 6.45) is -6.06. The van der Waals surface area contributed by atoms with Crippen LogP contribution >= 0.6 is 0 Å². The molecule has 0 unspecified atom stereocenters. The van der Waals surface area contributed by atoms with Crippen LogP contribution in [0.1, 0.15) is 27.8 Å². The summed E-state index contributed by atoms with van der Waals surface area (Å²) in [6, 6.07) is 14.8. The lowest BCUT2D eigenvalue weighted by Crippen LogP contribution is -2.37. The number of alkyl halides is 6. The van der Waals surface area contributed by atoms with Crippen LogP contribution in [-0.2, 0) is 23.7 Å². The molecule has 1 saturated heterocycles. The average Bonchev–Trinajstić information content (AvgIpc) is 2.83. The Morgan fingerprint density at radius 1 is 0.676 bits per heavy atom. The van der Waals surface area contributed by atoms with Crippen molar-refractivity contribution in [2.24, 2.45) is 0 Å². The fourth-order valence-electron chi connectivity index (χ4n) is 4.03. The number of rotatable bonds is 4. The van der Waals surface area contributed by atoms with Crippen molar-refractivity contribution in [2.75, 3.05) is 13.1 Å². The molecular weight excluding hydrogens is 499 g/mol. The average molecular weight is 519 g/mol. The SMILES string of the molecule is O=C1C(=Cc2ccc(C(F)(F)F)cc2)CN(Cc2ccccc2F)CC1=Cc1ccc(C(F)(F)F)cc1. The highest BCUT2D eigenvalue weighted by Gasteiger charge is 2.31. The minimum absolute atomic E-state index is 0.110. The summed E-state index contributed by atoms with van der Waals surface area (Å²) < 4.78 is 91.7. The van der Waals surface area contributed by atoms with Crippen LogP contribution < -0.4 is 0 Å². The highest BCUT2D eigenvalue weighted by atomic mass is 19.4. The number of hydrogen-bond acceptors (Lipinski definition) is 2. The van der Waals surface area contributed by atoms with E-state index in [1.165, 1.54) is 42.5 Å². The fraction of sp³-hybridized carbons (Fsp3) is 0.179. The summed E-state index contributed by atoms with van der Waals surface area (Å²) in [5, 5.41) is 0. The molecule has 2 nitrogen and oxygen atoms in total. The van der Waals surface area contributed by atoms with E-state index in [0.717, 1.165) is 24.3 Å². The summed E-state index contributed by atoms with van der Waals surface area (Å²) in [7, 11) is 0. The Labute approximate surface area is 208 Å². The second-order valence-electron chi connectivity index (χ2n) is 8.64. The van der Waals surface area contributed by atoms with Gasteiger partial charge in [0.15, 0.2) is 5.78 Å². The minimum atomic E-state index is -4.50. The quantitative estimate of drug-likeness (QED) is 0.264. The Hall–Kier alpha value is -3.72. The number of piperidine rings is 1. The van der Waals surface area contributed by atoms with E-state index in [0.29, 0.717) is 16.7 Å². The molecule has 0 radical (unpaired) electrons. The van der Waals surface area contributed by atoms with E-state index in [2.05, 4.69) is 0 Å². The molecule has 0 saturated carbocycles. The molecule has 0 bridgehead atoms. The highest BCUT2D eigenvalue weighted by molar-refractivity contribution is 6.14. The predicted molar refractivity (Wildman–Crippen MR) is 126 cm³/mol. The van der Waals surface area contributed by atoms with Crippen LogP contribution in [0.25, 0.3) is 12.2 Å². The molecular formula is C28H20F7NO. The third-order valence-corrected chi connectivity index (χ3v) is 5.88. The van der Waals surface area contributed by atoms with Crippen molar-refractivity contribution in [1.29, 1.82) is 0 Å². The van der Waals surface area contributed by atoms with Crippen molar-refractivity contribution >= 4 is 17.9 Å². The number of ketones is 1. The van der Waals surface area contributed by atoms with Gasteiger partial charge in [-0.15, -0.1) is 0 Å². The van der Waals surface area contributed by atoms with Crippen molar-refractivity contribution in [3.8, 4) is 0 Å². The number of hydrogen-bond donors (Lipinski definition) is 0. The Morgan fingerprint density at radius 3 is 1.51 bits per heavy atom. The Bertz CT molecular complexity index is 1260. The third-order valence-electron chi connectivity index (χ3n) is 5.88. The van der Waals surface area contributed by atoms with Gasteiger partial charge in [-0.2, -0.15) is 26.3 Å². The number of benzene rings is 3. The number of nitrogens with zero attached hydrogens (tertiary/aromatic N) is 1. The molecule has 0 spiro atoms. The molecule has 37 heavy (non-hydrogen) atoms. The van der Waals surface area contributed by atoms with Gasteiger partial charge in [0.25, 0.3) is 0 Å². The number of carbonyl (C=O) groups is 1.